The molecule has 1 saturated heterocycles. The Morgan fingerprint density at radius 3 is 2.18 bits per heavy atom. The number of para-hydroxylation sites is 2. The first-order chi connectivity index (χ1) is 13.5. The molecule has 0 spiro atoms. The van der Waals surface area contributed by atoms with Crippen LogP contribution in [-0.4, -0.2) is 17.8 Å². The highest BCUT2D eigenvalue weighted by atomic mass is 79.9. The van der Waals surface area contributed by atoms with Crippen molar-refractivity contribution >= 4 is 39.4 Å². The zero-order chi connectivity index (χ0) is 19.4. The lowest BCUT2D eigenvalue weighted by Crippen LogP contribution is -2.33. The largest absolute Gasteiger partial charge is 0.421 e. The Morgan fingerprint density at radius 2 is 1.54 bits per heavy atom. The minimum atomic E-state index is -0.541. The first-order valence-corrected chi connectivity index (χ1v) is 9.97. The van der Waals surface area contributed by atoms with Gasteiger partial charge in [-0.15, -0.1) is 0 Å². The highest BCUT2D eigenvalue weighted by Gasteiger charge is 2.59. The van der Waals surface area contributed by atoms with Crippen LogP contribution in [0.4, 0.5) is 5.69 Å². The summed E-state index contributed by atoms with van der Waals surface area (Å²) < 4.78 is 6.41. The molecule has 6 heteroatoms. The van der Waals surface area contributed by atoms with Crippen LogP contribution < -0.4 is 9.64 Å². The lowest BCUT2D eigenvalue weighted by molar-refractivity contribution is -0.123. The summed E-state index contributed by atoms with van der Waals surface area (Å²) >= 11 is 3.33. The Labute approximate surface area is 170 Å². The molecule has 4 atom stereocenters. The zero-order valence-corrected chi connectivity index (χ0v) is 16.3. The molecular formula is C22H16BrNO4. The molecule has 140 valence electrons. The number of ether oxygens (including phenoxy) is 1. The molecule has 2 bridgehead atoms. The number of anilines is 1. The van der Waals surface area contributed by atoms with E-state index in [1.54, 1.807) is 48.5 Å². The molecule has 0 N–H and O–H groups in total. The molecule has 2 aromatic rings. The van der Waals surface area contributed by atoms with Crippen LogP contribution in [0, 0.1) is 23.7 Å². The summed E-state index contributed by atoms with van der Waals surface area (Å²) in [5.74, 6) is -1.05. The van der Waals surface area contributed by atoms with Gasteiger partial charge in [0.05, 0.1) is 23.1 Å². The Kier molecular flexibility index (Phi) is 3.98. The van der Waals surface area contributed by atoms with Crippen molar-refractivity contribution in [2.24, 2.45) is 23.7 Å². The number of imide groups is 1. The first-order valence-electron chi connectivity index (χ1n) is 9.17. The third-order valence-electron chi connectivity index (χ3n) is 5.86. The SMILES string of the molecule is O=C(Oc1ccccc1N1C(=O)[C@@H]2[C@@H](C1=O)[C@H]1C=C[C@@H]2C1)c1ccc(Br)cc1. The van der Waals surface area contributed by atoms with Gasteiger partial charge in [-0.3, -0.25) is 9.59 Å². The Morgan fingerprint density at radius 1 is 0.929 bits per heavy atom. The summed E-state index contributed by atoms with van der Waals surface area (Å²) in [6.07, 6.45) is 4.99. The van der Waals surface area contributed by atoms with E-state index in [4.69, 9.17) is 4.74 Å². The molecule has 0 unspecified atom stereocenters. The number of esters is 1. The number of amides is 2. The predicted octanol–water partition coefficient (Wildman–Crippen LogP) is 3.98. The second-order valence-corrected chi connectivity index (χ2v) is 8.29. The first kappa shape index (κ1) is 17.4. The summed E-state index contributed by atoms with van der Waals surface area (Å²) in [6, 6.07) is 13.5. The van der Waals surface area contributed by atoms with E-state index in [0.29, 0.717) is 11.3 Å². The maximum atomic E-state index is 13.1. The van der Waals surface area contributed by atoms with E-state index in [-0.39, 0.29) is 41.2 Å². The fourth-order valence-electron chi connectivity index (χ4n) is 4.61. The van der Waals surface area contributed by atoms with Crippen LogP contribution in [0.1, 0.15) is 16.8 Å². The summed E-state index contributed by atoms with van der Waals surface area (Å²) in [5, 5.41) is 0. The number of rotatable bonds is 3. The van der Waals surface area contributed by atoms with E-state index in [9.17, 15) is 14.4 Å². The van der Waals surface area contributed by atoms with Crippen LogP contribution in [0.2, 0.25) is 0 Å². The molecule has 0 radical (unpaired) electrons. The zero-order valence-electron chi connectivity index (χ0n) is 14.7. The fraction of sp³-hybridized carbons (Fsp3) is 0.227. The van der Waals surface area contributed by atoms with Crippen molar-refractivity contribution in [3.8, 4) is 5.75 Å². The van der Waals surface area contributed by atoms with Crippen LogP contribution in [-0.2, 0) is 9.59 Å². The molecule has 5 nitrogen and oxygen atoms in total. The number of carbonyl (C=O) groups is 3. The van der Waals surface area contributed by atoms with Crippen LogP contribution in [0.15, 0.2) is 65.2 Å². The number of hydrogen-bond acceptors (Lipinski definition) is 4. The number of allylic oxidation sites excluding steroid dienone is 2. The lowest BCUT2D eigenvalue weighted by atomic mass is 9.85. The van der Waals surface area contributed by atoms with E-state index in [1.165, 1.54) is 4.90 Å². The molecule has 28 heavy (non-hydrogen) atoms. The lowest BCUT2D eigenvalue weighted by Gasteiger charge is -2.20. The molecule has 3 aliphatic rings. The van der Waals surface area contributed by atoms with Crippen molar-refractivity contribution in [2.45, 2.75) is 6.42 Å². The number of nitrogens with zero attached hydrogens (tertiary/aromatic N) is 1. The number of halogens is 1. The maximum Gasteiger partial charge on any atom is 0.343 e. The van der Waals surface area contributed by atoms with Gasteiger partial charge in [0.25, 0.3) is 0 Å². The average molecular weight is 438 g/mol. The molecule has 1 saturated carbocycles. The van der Waals surface area contributed by atoms with Gasteiger partial charge in [-0.05, 0) is 54.7 Å². The Hall–Kier alpha value is -2.73. The molecule has 2 amide bonds. The summed E-state index contributed by atoms with van der Waals surface area (Å²) in [7, 11) is 0. The van der Waals surface area contributed by atoms with Crippen LogP contribution in [0.3, 0.4) is 0 Å². The quantitative estimate of drug-likeness (QED) is 0.315. The number of hydrogen-bond donors (Lipinski definition) is 0. The second-order valence-electron chi connectivity index (χ2n) is 7.38. The van der Waals surface area contributed by atoms with Crippen molar-refractivity contribution in [3.63, 3.8) is 0 Å². The average Bonchev–Trinajstić information content (AvgIpc) is 3.37. The van der Waals surface area contributed by atoms with Crippen LogP contribution >= 0.6 is 15.9 Å². The maximum absolute atomic E-state index is 13.1. The van der Waals surface area contributed by atoms with Crippen LogP contribution in [0.5, 0.6) is 5.75 Å². The third kappa shape index (κ3) is 2.55. The Balaban J connectivity index is 1.46. The molecule has 2 aliphatic carbocycles. The summed E-state index contributed by atoms with van der Waals surface area (Å²) in [4.78, 5) is 39.9. The van der Waals surface area contributed by atoms with E-state index in [2.05, 4.69) is 28.1 Å². The van der Waals surface area contributed by atoms with E-state index in [0.717, 1.165) is 10.9 Å². The number of fused-ring (bicyclic) bond motifs is 5. The standard InChI is InChI=1S/C22H16BrNO4/c23-15-9-7-12(8-10-15)22(27)28-17-4-2-1-3-16(17)24-20(25)18-13-5-6-14(11-13)19(18)21(24)26/h1-10,13-14,18-19H,11H2/t13-,14+,18-,19-/m0/s1. The Bertz CT molecular complexity index is 999. The van der Waals surface area contributed by atoms with Gasteiger partial charge in [-0.1, -0.05) is 40.2 Å². The fourth-order valence-corrected chi connectivity index (χ4v) is 4.88. The molecule has 2 aromatic carbocycles. The third-order valence-corrected chi connectivity index (χ3v) is 6.39. The molecule has 1 aliphatic heterocycles. The van der Waals surface area contributed by atoms with Gasteiger partial charge in [-0.2, -0.15) is 0 Å². The van der Waals surface area contributed by atoms with Gasteiger partial charge in [0.1, 0.15) is 0 Å². The number of benzene rings is 2. The van der Waals surface area contributed by atoms with Crippen molar-refractivity contribution in [1.29, 1.82) is 0 Å². The highest BCUT2D eigenvalue weighted by Crippen LogP contribution is 2.53. The van der Waals surface area contributed by atoms with E-state index in [1.807, 2.05) is 0 Å². The van der Waals surface area contributed by atoms with E-state index < -0.39 is 5.97 Å². The monoisotopic (exact) mass is 437 g/mol. The molecule has 2 fully saturated rings. The van der Waals surface area contributed by atoms with Gasteiger partial charge < -0.3 is 4.74 Å². The summed E-state index contributed by atoms with van der Waals surface area (Å²) in [6.45, 7) is 0. The van der Waals surface area contributed by atoms with Gasteiger partial charge in [0.2, 0.25) is 11.8 Å². The van der Waals surface area contributed by atoms with Crippen molar-refractivity contribution in [1.82, 2.24) is 0 Å². The van der Waals surface area contributed by atoms with Gasteiger partial charge in [0, 0.05) is 4.47 Å². The normalized spacial score (nSPS) is 27.4. The molecule has 5 rings (SSSR count). The smallest absolute Gasteiger partial charge is 0.343 e. The molecular weight excluding hydrogens is 422 g/mol. The minimum Gasteiger partial charge on any atom is -0.421 e. The van der Waals surface area contributed by atoms with Crippen LogP contribution in [0.25, 0.3) is 0 Å². The molecule has 0 aromatic heterocycles. The van der Waals surface area contributed by atoms with Crippen molar-refractivity contribution < 1.29 is 19.1 Å². The van der Waals surface area contributed by atoms with Gasteiger partial charge in [-0.25, -0.2) is 9.69 Å². The van der Waals surface area contributed by atoms with E-state index >= 15 is 0 Å². The van der Waals surface area contributed by atoms with Gasteiger partial charge >= 0.3 is 5.97 Å². The second kappa shape index (κ2) is 6.41. The molecule has 1 heterocycles. The minimum absolute atomic E-state index is 0.133. The topological polar surface area (TPSA) is 63.7 Å². The summed E-state index contributed by atoms with van der Waals surface area (Å²) in [5.41, 5.74) is 0.716. The van der Waals surface area contributed by atoms with Crippen molar-refractivity contribution in [2.75, 3.05) is 4.90 Å². The van der Waals surface area contributed by atoms with Crippen molar-refractivity contribution in [3.05, 3.63) is 70.7 Å². The highest BCUT2D eigenvalue weighted by molar-refractivity contribution is 9.10. The number of carbonyl (C=O) groups excluding carboxylic acids is 3. The van der Waals surface area contributed by atoms with Gasteiger partial charge in [0.15, 0.2) is 5.75 Å². The predicted molar refractivity (Wildman–Crippen MR) is 106 cm³/mol.